The van der Waals surface area contributed by atoms with Gasteiger partial charge in [0.05, 0.1) is 5.69 Å². The van der Waals surface area contributed by atoms with Crippen molar-refractivity contribution in [3.05, 3.63) is 57.1 Å². The number of aromatic nitrogens is 3. The van der Waals surface area contributed by atoms with E-state index in [9.17, 15) is 9.18 Å². The molecule has 0 saturated carbocycles. The molecule has 3 aromatic rings. The molecule has 0 amide bonds. The van der Waals surface area contributed by atoms with Gasteiger partial charge in [-0.2, -0.15) is 0 Å². The molecule has 1 radical (unpaired) electrons. The standard InChI is InChI=1S/C25H31BFN4O2/c1-3-26-21-5-4-11-31-24(21)28-16(2)19(25(31)32)10-14-30-12-8-17(9-13-30)23-20-7-6-18(27)15-22(20)33-29-23/h6-7,15,17,21H,3-5,8-14H2,1-2H3. The van der Waals surface area contributed by atoms with Crippen LogP contribution in [0, 0.1) is 12.7 Å². The highest BCUT2D eigenvalue weighted by Crippen LogP contribution is 2.33. The molecule has 8 heteroatoms. The van der Waals surface area contributed by atoms with E-state index in [-0.39, 0.29) is 11.4 Å². The lowest BCUT2D eigenvalue weighted by Crippen LogP contribution is -2.38. The summed E-state index contributed by atoms with van der Waals surface area (Å²) in [5.41, 5.74) is 3.36. The van der Waals surface area contributed by atoms with Gasteiger partial charge < -0.3 is 9.42 Å². The van der Waals surface area contributed by atoms with Gasteiger partial charge in [0.1, 0.15) is 18.9 Å². The van der Waals surface area contributed by atoms with E-state index in [1.165, 1.54) is 12.1 Å². The van der Waals surface area contributed by atoms with Crippen molar-refractivity contribution < 1.29 is 8.91 Å². The lowest BCUT2D eigenvalue weighted by Gasteiger charge is -2.31. The molecule has 6 nitrogen and oxygen atoms in total. The van der Waals surface area contributed by atoms with Gasteiger partial charge in [0.15, 0.2) is 5.58 Å². The van der Waals surface area contributed by atoms with Crippen molar-refractivity contribution in [1.82, 2.24) is 19.6 Å². The molecular weight excluding hydrogens is 418 g/mol. The van der Waals surface area contributed by atoms with Crippen LogP contribution in [-0.2, 0) is 13.0 Å². The highest BCUT2D eigenvalue weighted by molar-refractivity contribution is 6.37. The number of aryl methyl sites for hydroxylation is 1. The van der Waals surface area contributed by atoms with Crippen molar-refractivity contribution in [3.63, 3.8) is 0 Å². The molecule has 2 aromatic heterocycles. The van der Waals surface area contributed by atoms with E-state index in [1.54, 1.807) is 6.07 Å². The smallest absolute Gasteiger partial charge is 0.256 e. The monoisotopic (exact) mass is 449 g/mol. The van der Waals surface area contributed by atoms with Crippen LogP contribution in [0.4, 0.5) is 4.39 Å². The Kier molecular flexibility index (Phi) is 6.37. The van der Waals surface area contributed by atoms with Crippen molar-refractivity contribution in [2.24, 2.45) is 0 Å². The Morgan fingerprint density at radius 2 is 2.03 bits per heavy atom. The summed E-state index contributed by atoms with van der Waals surface area (Å²) < 4.78 is 20.7. The summed E-state index contributed by atoms with van der Waals surface area (Å²) >= 11 is 0. The Morgan fingerprint density at radius 1 is 1.21 bits per heavy atom. The molecule has 2 aliphatic rings. The molecule has 1 aromatic carbocycles. The Bertz CT molecular complexity index is 1200. The number of halogens is 1. The Morgan fingerprint density at radius 3 is 2.82 bits per heavy atom. The lowest BCUT2D eigenvalue weighted by atomic mass is 9.59. The average Bonchev–Trinajstić information content (AvgIpc) is 3.23. The first-order valence-electron chi connectivity index (χ1n) is 12.3. The van der Waals surface area contributed by atoms with E-state index >= 15 is 0 Å². The third kappa shape index (κ3) is 4.37. The van der Waals surface area contributed by atoms with Gasteiger partial charge in [-0.25, -0.2) is 9.37 Å². The summed E-state index contributed by atoms with van der Waals surface area (Å²) in [7, 11) is 2.29. The van der Waals surface area contributed by atoms with Crippen LogP contribution >= 0.6 is 0 Å². The van der Waals surface area contributed by atoms with Gasteiger partial charge in [-0.3, -0.25) is 9.36 Å². The molecule has 0 bridgehead atoms. The minimum absolute atomic E-state index is 0.155. The van der Waals surface area contributed by atoms with Crippen molar-refractivity contribution in [1.29, 1.82) is 0 Å². The van der Waals surface area contributed by atoms with Crippen LogP contribution in [0.5, 0.6) is 0 Å². The molecule has 1 fully saturated rings. The first-order chi connectivity index (χ1) is 16.0. The molecule has 2 aliphatic heterocycles. The molecule has 5 rings (SSSR count). The van der Waals surface area contributed by atoms with Gasteiger partial charge in [-0.05, 0) is 70.1 Å². The van der Waals surface area contributed by atoms with Crippen molar-refractivity contribution >= 4 is 18.2 Å². The summed E-state index contributed by atoms with van der Waals surface area (Å²) in [6, 6.07) is 4.63. The highest BCUT2D eigenvalue weighted by atomic mass is 19.1. The molecule has 1 unspecified atom stereocenters. The Hall–Kier alpha value is -2.48. The number of hydrogen-bond acceptors (Lipinski definition) is 5. The fourth-order valence-corrected chi connectivity index (χ4v) is 5.54. The molecule has 0 aliphatic carbocycles. The van der Waals surface area contributed by atoms with E-state index in [0.717, 1.165) is 92.8 Å². The molecule has 33 heavy (non-hydrogen) atoms. The van der Waals surface area contributed by atoms with E-state index < -0.39 is 0 Å². The Labute approximate surface area is 194 Å². The zero-order valence-electron chi connectivity index (χ0n) is 19.5. The molecule has 0 spiro atoms. The summed E-state index contributed by atoms with van der Waals surface area (Å²) in [6.07, 6.45) is 5.82. The third-order valence-corrected chi connectivity index (χ3v) is 7.36. The second kappa shape index (κ2) is 9.41. The third-order valence-electron chi connectivity index (χ3n) is 7.36. The molecule has 1 saturated heterocycles. The summed E-state index contributed by atoms with van der Waals surface area (Å²) in [6.45, 7) is 7.67. The van der Waals surface area contributed by atoms with E-state index in [0.29, 0.717) is 17.3 Å². The van der Waals surface area contributed by atoms with Crippen LogP contribution < -0.4 is 5.56 Å². The second-order valence-corrected chi connectivity index (χ2v) is 9.46. The molecule has 0 N–H and O–H groups in total. The highest BCUT2D eigenvalue weighted by Gasteiger charge is 2.27. The van der Waals surface area contributed by atoms with Crippen molar-refractivity contribution in [3.8, 4) is 0 Å². The van der Waals surface area contributed by atoms with Crippen LogP contribution in [0.15, 0.2) is 27.5 Å². The normalized spacial score (nSPS) is 19.7. The van der Waals surface area contributed by atoms with Gasteiger partial charge in [-0.15, -0.1) is 0 Å². The van der Waals surface area contributed by atoms with E-state index in [1.807, 2.05) is 11.5 Å². The van der Waals surface area contributed by atoms with Crippen LogP contribution in [0.3, 0.4) is 0 Å². The van der Waals surface area contributed by atoms with Crippen LogP contribution in [0.25, 0.3) is 11.0 Å². The molecular formula is C25H31BFN4O2. The van der Waals surface area contributed by atoms with Crippen LogP contribution in [0.1, 0.15) is 67.1 Å². The number of benzene rings is 1. The average molecular weight is 449 g/mol. The fourth-order valence-electron chi connectivity index (χ4n) is 5.54. The largest absolute Gasteiger partial charge is 0.356 e. The maximum Gasteiger partial charge on any atom is 0.256 e. The molecule has 173 valence electrons. The van der Waals surface area contributed by atoms with Crippen molar-refractivity contribution in [2.75, 3.05) is 19.6 Å². The SMILES string of the molecule is CC[B]C1CCCn2c1nc(C)c(CCN1CCC(c3noc4cc(F)ccc34)CC1)c2=O. The topological polar surface area (TPSA) is 64.2 Å². The predicted octanol–water partition coefficient (Wildman–Crippen LogP) is 4.23. The zero-order valence-corrected chi connectivity index (χ0v) is 19.5. The maximum absolute atomic E-state index is 13.4. The van der Waals surface area contributed by atoms with Gasteiger partial charge in [0.25, 0.3) is 5.56 Å². The van der Waals surface area contributed by atoms with Crippen molar-refractivity contribution in [2.45, 2.75) is 70.6 Å². The Balaban J connectivity index is 1.24. The van der Waals surface area contributed by atoms with Gasteiger partial charge in [0, 0.05) is 41.7 Å². The number of likely N-dealkylation sites (tertiary alicyclic amines) is 1. The lowest BCUT2D eigenvalue weighted by molar-refractivity contribution is 0.211. The first-order valence-corrected chi connectivity index (χ1v) is 12.3. The van der Waals surface area contributed by atoms with E-state index in [4.69, 9.17) is 9.51 Å². The quantitative estimate of drug-likeness (QED) is 0.527. The summed E-state index contributed by atoms with van der Waals surface area (Å²) in [5.74, 6) is 1.27. The van der Waals surface area contributed by atoms with Gasteiger partial charge in [-0.1, -0.05) is 18.4 Å². The minimum atomic E-state index is -0.304. The van der Waals surface area contributed by atoms with E-state index in [2.05, 4.69) is 24.3 Å². The number of fused-ring (bicyclic) bond motifs is 2. The fraction of sp³-hybridized carbons (Fsp3) is 0.560. The summed E-state index contributed by atoms with van der Waals surface area (Å²) in [4.78, 5) is 20.6. The number of nitrogens with zero attached hydrogens (tertiary/aromatic N) is 4. The minimum Gasteiger partial charge on any atom is -0.356 e. The second-order valence-electron chi connectivity index (χ2n) is 9.46. The number of hydrogen-bond donors (Lipinski definition) is 0. The summed E-state index contributed by atoms with van der Waals surface area (Å²) in [5, 5.41) is 5.16. The van der Waals surface area contributed by atoms with Gasteiger partial charge >= 0.3 is 0 Å². The van der Waals surface area contributed by atoms with Gasteiger partial charge in [0.2, 0.25) is 0 Å². The zero-order chi connectivity index (χ0) is 22.9. The first kappa shape index (κ1) is 22.3. The maximum atomic E-state index is 13.4. The molecule has 4 heterocycles. The van der Waals surface area contributed by atoms with Crippen LogP contribution in [0.2, 0.25) is 6.32 Å². The number of rotatable bonds is 6. The predicted molar refractivity (Wildman–Crippen MR) is 128 cm³/mol. The van der Waals surface area contributed by atoms with Crippen LogP contribution in [-0.4, -0.2) is 46.5 Å². The molecule has 1 atom stereocenters. The number of piperidine rings is 1.